The Balaban J connectivity index is 1.42. The molecule has 0 spiro atoms. The molecule has 1 aromatic carbocycles. The van der Waals surface area contributed by atoms with Crippen molar-refractivity contribution >= 4 is 10.8 Å². The maximum Gasteiger partial charge on any atom is 0.255 e. The molecule has 0 atom stereocenters. The molecule has 0 amide bonds. The largest absolute Gasteiger partial charge is 0.490 e. The zero-order chi connectivity index (χ0) is 17.9. The Bertz CT molecular complexity index is 902. The van der Waals surface area contributed by atoms with Crippen LogP contribution in [0.25, 0.3) is 10.8 Å². The number of piperidine rings is 1. The molecule has 2 aromatic rings. The third-order valence-corrected chi connectivity index (χ3v) is 5.43. The van der Waals surface area contributed by atoms with E-state index in [9.17, 15) is 4.79 Å². The van der Waals surface area contributed by atoms with Crippen molar-refractivity contribution in [2.45, 2.75) is 38.7 Å². The highest BCUT2D eigenvalue weighted by Crippen LogP contribution is 2.25. The van der Waals surface area contributed by atoms with E-state index in [1.165, 1.54) is 5.57 Å². The Kier molecular flexibility index (Phi) is 4.93. The topological polar surface area (TPSA) is 45.3 Å². The molecule has 2 heterocycles. The molecule has 1 aliphatic carbocycles. The lowest BCUT2D eigenvalue weighted by molar-refractivity contribution is 0.106. The number of hydrogen-bond donors (Lipinski definition) is 1. The van der Waals surface area contributed by atoms with Crippen LogP contribution in [0.4, 0.5) is 0 Å². The molecule has 1 N–H and O–H groups in total. The maximum atomic E-state index is 12.0. The van der Waals surface area contributed by atoms with Crippen LogP contribution in [0.2, 0.25) is 0 Å². The number of fused-ring (bicyclic) bond motifs is 1. The molecule has 0 radical (unpaired) electrons. The van der Waals surface area contributed by atoms with Crippen LogP contribution in [0.5, 0.6) is 5.75 Å². The van der Waals surface area contributed by atoms with E-state index in [1.807, 2.05) is 24.4 Å². The van der Waals surface area contributed by atoms with Gasteiger partial charge >= 0.3 is 0 Å². The minimum Gasteiger partial charge on any atom is -0.490 e. The highest BCUT2D eigenvalue weighted by atomic mass is 16.5. The van der Waals surface area contributed by atoms with Crippen molar-refractivity contribution in [1.82, 2.24) is 9.88 Å². The Morgan fingerprint density at radius 2 is 2.08 bits per heavy atom. The molecule has 1 aliphatic heterocycles. The minimum atomic E-state index is -0.0349. The maximum absolute atomic E-state index is 12.0. The predicted molar refractivity (Wildman–Crippen MR) is 106 cm³/mol. The van der Waals surface area contributed by atoms with Crippen LogP contribution in [0.1, 0.15) is 31.7 Å². The summed E-state index contributed by atoms with van der Waals surface area (Å²) in [5.74, 6) is 0.873. The second-order valence-electron chi connectivity index (χ2n) is 7.21. The second kappa shape index (κ2) is 7.50. The van der Waals surface area contributed by atoms with Gasteiger partial charge in [0.2, 0.25) is 0 Å². The summed E-state index contributed by atoms with van der Waals surface area (Å²) in [4.78, 5) is 17.3. The van der Waals surface area contributed by atoms with E-state index in [1.54, 1.807) is 0 Å². The van der Waals surface area contributed by atoms with Gasteiger partial charge in [-0.1, -0.05) is 25.2 Å². The predicted octanol–water partition coefficient (Wildman–Crippen LogP) is 3.82. The first-order valence-electron chi connectivity index (χ1n) is 9.62. The summed E-state index contributed by atoms with van der Waals surface area (Å²) in [6.45, 7) is 5.31. The van der Waals surface area contributed by atoms with E-state index >= 15 is 0 Å². The fourth-order valence-corrected chi connectivity index (χ4v) is 3.92. The molecular weight excluding hydrogens is 324 g/mol. The molecule has 1 fully saturated rings. The molecule has 0 bridgehead atoms. The molecule has 2 aliphatic rings. The van der Waals surface area contributed by atoms with Gasteiger partial charge in [0.1, 0.15) is 11.9 Å². The first kappa shape index (κ1) is 17.1. The van der Waals surface area contributed by atoms with E-state index < -0.39 is 0 Å². The monoisotopic (exact) mass is 350 g/mol. The lowest BCUT2D eigenvalue weighted by Gasteiger charge is -2.32. The Labute approximate surface area is 154 Å². The van der Waals surface area contributed by atoms with Gasteiger partial charge < -0.3 is 9.72 Å². The standard InChI is InChI=1S/C22H26N2O2/c1-2-17-14-23-22(25)20-8-7-19(13-21(17)20)26-18-9-11-24(12-10-18)15-16-5-3-4-6-16/h3,5-8,13-14,18H,2,4,9-12,15H2,1H3,(H,23,25). The van der Waals surface area contributed by atoms with Crippen molar-refractivity contribution in [3.05, 3.63) is 64.1 Å². The molecule has 4 heteroatoms. The van der Waals surface area contributed by atoms with Crippen LogP contribution in [0.3, 0.4) is 0 Å². The number of benzene rings is 1. The first-order valence-corrected chi connectivity index (χ1v) is 9.62. The average Bonchev–Trinajstić information content (AvgIpc) is 3.17. The summed E-state index contributed by atoms with van der Waals surface area (Å²) in [6.07, 6.45) is 12.9. The van der Waals surface area contributed by atoms with Crippen LogP contribution in [-0.2, 0) is 6.42 Å². The molecule has 0 saturated carbocycles. The summed E-state index contributed by atoms with van der Waals surface area (Å²) in [7, 11) is 0. The van der Waals surface area contributed by atoms with Crippen LogP contribution < -0.4 is 10.3 Å². The highest BCUT2D eigenvalue weighted by Gasteiger charge is 2.21. The number of nitrogens with one attached hydrogen (secondary N) is 1. The Hall–Kier alpha value is -2.33. The van der Waals surface area contributed by atoms with Gasteiger partial charge in [-0.25, -0.2) is 0 Å². The zero-order valence-electron chi connectivity index (χ0n) is 15.3. The van der Waals surface area contributed by atoms with E-state index in [2.05, 4.69) is 35.0 Å². The zero-order valence-corrected chi connectivity index (χ0v) is 15.3. The number of aryl methyl sites for hydroxylation is 1. The molecule has 4 nitrogen and oxygen atoms in total. The van der Waals surface area contributed by atoms with Crippen molar-refractivity contribution in [3.8, 4) is 5.75 Å². The van der Waals surface area contributed by atoms with Crippen molar-refractivity contribution in [2.75, 3.05) is 19.6 Å². The average molecular weight is 350 g/mol. The fraction of sp³-hybridized carbons (Fsp3) is 0.409. The minimum absolute atomic E-state index is 0.0349. The smallest absolute Gasteiger partial charge is 0.255 e. The van der Waals surface area contributed by atoms with E-state index in [0.717, 1.165) is 67.4 Å². The summed E-state index contributed by atoms with van der Waals surface area (Å²) in [5.41, 5.74) is 2.56. The lowest BCUT2D eigenvalue weighted by Crippen LogP contribution is -2.39. The number of aromatic amines is 1. The molecule has 0 unspecified atom stereocenters. The van der Waals surface area contributed by atoms with Crippen molar-refractivity contribution in [3.63, 3.8) is 0 Å². The number of rotatable bonds is 5. The van der Waals surface area contributed by atoms with Gasteiger partial charge in [-0.3, -0.25) is 9.69 Å². The Morgan fingerprint density at radius 1 is 1.23 bits per heavy atom. The molecule has 1 aromatic heterocycles. The van der Waals surface area contributed by atoms with Gasteiger partial charge in [0, 0.05) is 31.2 Å². The van der Waals surface area contributed by atoms with Gasteiger partial charge in [0.15, 0.2) is 0 Å². The summed E-state index contributed by atoms with van der Waals surface area (Å²) >= 11 is 0. The Morgan fingerprint density at radius 3 is 2.81 bits per heavy atom. The molecule has 1 saturated heterocycles. The number of H-pyrrole nitrogens is 1. The fourth-order valence-electron chi connectivity index (χ4n) is 3.92. The highest BCUT2D eigenvalue weighted by molar-refractivity contribution is 5.85. The van der Waals surface area contributed by atoms with Crippen molar-refractivity contribution in [2.24, 2.45) is 0 Å². The van der Waals surface area contributed by atoms with Gasteiger partial charge in [0.05, 0.1) is 0 Å². The van der Waals surface area contributed by atoms with Crippen LogP contribution in [-0.4, -0.2) is 35.6 Å². The summed E-state index contributed by atoms with van der Waals surface area (Å²) in [5, 5.41) is 1.75. The van der Waals surface area contributed by atoms with Gasteiger partial charge in [-0.05, 0) is 60.4 Å². The summed E-state index contributed by atoms with van der Waals surface area (Å²) in [6, 6.07) is 5.85. The SMILES string of the molecule is CCc1c[nH]c(=O)c2ccc(OC3CCN(CC4=CCC=C4)CC3)cc12. The van der Waals surface area contributed by atoms with Crippen molar-refractivity contribution < 1.29 is 4.74 Å². The third-order valence-electron chi connectivity index (χ3n) is 5.43. The van der Waals surface area contributed by atoms with Crippen LogP contribution in [0, 0.1) is 0 Å². The number of ether oxygens (including phenoxy) is 1. The second-order valence-corrected chi connectivity index (χ2v) is 7.21. The van der Waals surface area contributed by atoms with Gasteiger partial charge in [0.25, 0.3) is 5.56 Å². The number of allylic oxidation sites excluding steroid dienone is 2. The number of aromatic nitrogens is 1. The van der Waals surface area contributed by atoms with Crippen molar-refractivity contribution in [1.29, 1.82) is 0 Å². The van der Waals surface area contributed by atoms with Crippen LogP contribution in [0.15, 0.2) is 53.0 Å². The van der Waals surface area contributed by atoms with E-state index in [-0.39, 0.29) is 11.7 Å². The van der Waals surface area contributed by atoms with E-state index in [0.29, 0.717) is 0 Å². The quantitative estimate of drug-likeness (QED) is 0.892. The van der Waals surface area contributed by atoms with E-state index in [4.69, 9.17) is 4.74 Å². The molecule has 136 valence electrons. The number of nitrogens with zero attached hydrogens (tertiary/aromatic N) is 1. The molecule has 26 heavy (non-hydrogen) atoms. The van der Waals surface area contributed by atoms with Crippen LogP contribution >= 0.6 is 0 Å². The number of likely N-dealkylation sites (tertiary alicyclic amines) is 1. The number of pyridine rings is 1. The van der Waals surface area contributed by atoms with Gasteiger partial charge in [-0.2, -0.15) is 0 Å². The summed E-state index contributed by atoms with van der Waals surface area (Å²) < 4.78 is 6.25. The number of hydrogen-bond acceptors (Lipinski definition) is 3. The first-order chi connectivity index (χ1) is 12.7. The normalized spacial score (nSPS) is 18.4. The lowest BCUT2D eigenvalue weighted by atomic mass is 10.0. The third kappa shape index (κ3) is 3.61. The van der Waals surface area contributed by atoms with Gasteiger partial charge in [-0.15, -0.1) is 0 Å². The molecule has 4 rings (SSSR count). The molecular formula is C22H26N2O2.